The summed E-state index contributed by atoms with van der Waals surface area (Å²) in [6.07, 6.45) is 0. The molecule has 0 aliphatic carbocycles. The van der Waals surface area contributed by atoms with E-state index in [2.05, 4.69) is 0 Å². The van der Waals surface area contributed by atoms with Crippen LogP contribution in [-0.2, 0) is 36.2 Å². The molecular formula is C20H38CuO8. The maximum absolute atomic E-state index is 10.0. The molecule has 2 N–H and O–H groups in total. The van der Waals surface area contributed by atoms with Crippen molar-refractivity contribution >= 4 is 23.9 Å². The molecule has 0 aliphatic heterocycles. The molecule has 0 rings (SSSR count). The molecule has 0 saturated heterocycles. The Hall–Kier alpha value is -1.60. The zero-order valence-corrected chi connectivity index (χ0v) is 20.6. The van der Waals surface area contributed by atoms with Gasteiger partial charge in [0, 0.05) is 22.8 Å². The van der Waals surface area contributed by atoms with Gasteiger partial charge in [-0.1, -0.05) is 41.5 Å². The number of hydrogen-bond acceptors (Lipinski definition) is 6. The largest absolute Gasteiger partial charge is 2.00 e. The number of aliphatic carboxylic acids is 4. The Balaban J connectivity index is -0.0000000873. The maximum Gasteiger partial charge on any atom is 2.00 e. The minimum atomic E-state index is -1.01. The van der Waals surface area contributed by atoms with Crippen LogP contribution in [0, 0.1) is 21.7 Å². The quantitative estimate of drug-likeness (QED) is 0.508. The van der Waals surface area contributed by atoms with Crippen LogP contribution in [0.3, 0.4) is 0 Å². The molecule has 0 saturated carbocycles. The van der Waals surface area contributed by atoms with Crippen LogP contribution in [0.15, 0.2) is 0 Å². The van der Waals surface area contributed by atoms with E-state index < -0.39 is 45.5 Å². The molecule has 0 atom stereocenters. The first-order valence-corrected chi connectivity index (χ1v) is 8.67. The Morgan fingerprint density at radius 1 is 0.483 bits per heavy atom. The summed E-state index contributed by atoms with van der Waals surface area (Å²) in [5.74, 6) is -3.53. The van der Waals surface area contributed by atoms with Crippen molar-refractivity contribution in [1.29, 1.82) is 0 Å². The summed E-state index contributed by atoms with van der Waals surface area (Å²) in [4.78, 5) is 39.9. The minimum Gasteiger partial charge on any atom is -0.550 e. The smallest absolute Gasteiger partial charge is 0.550 e. The number of carbonyl (C=O) groups excluding carboxylic acids is 2. The van der Waals surface area contributed by atoms with Crippen molar-refractivity contribution in [1.82, 2.24) is 0 Å². The first kappa shape index (κ1) is 38.1. The standard InChI is InChI=1S/4C5H10O2.Cu/c4*1-5(2,3)4(6)7;/h4*1-3H3,(H,6,7);/q;;;;+2/p-2. The minimum absolute atomic E-state index is 0. The molecule has 177 valence electrons. The van der Waals surface area contributed by atoms with Gasteiger partial charge in [-0.25, -0.2) is 0 Å². The van der Waals surface area contributed by atoms with Gasteiger partial charge in [-0.15, -0.1) is 0 Å². The van der Waals surface area contributed by atoms with E-state index in [-0.39, 0.29) is 17.1 Å². The summed E-state index contributed by atoms with van der Waals surface area (Å²) in [5, 5.41) is 36.3. The van der Waals surface area contributed by atoms with Gasteiger partial charge >= 0.3 is 29.0 Å². The summed E-state index contributed by atoms with van der Waals surface area (Å²) in [7, 11) is 0. The molecule has 0 heterocycles. The van der Waals surface area contributed by atoms with Crippen molar-refractivity contribution in [2.24, 2.45) is 21.7 Å². The molecule has 0 unspecified atom stereocenters. The topological polar surface area (TPSA) is 155 Å². The van der Waals surface area contributed by atoms with Crippen molar-refractivity contribution in [3.05, 3.63) is 0 Å². The monoisotopic (exact) mass is 469 g/mol. The van der Waals surface area contributed by atoms with Crippen LogP contribution in [0.4, 0.5) is 0 Å². The van der Waals surface area contributed by atoms with Crippen LogP contribution in [0.25, 0.3) is 0 Å². The van der Waals surface area contributed by atoms with Gasteiger partial charge in [0.1, 0.15) is 0 Å². The molecule has 0 amide bonds. The summed E-state index contributed by atoms with van der Waals surface area (Å²) in [6, 6.07) is 0. The number of carboxylic acid groups (broad SMARTS) is 4. The van der Waals surface area contributed by atoms with E-state index in [1.807, 2.05) is 0 Å². The zero-order valence-electron chi connectivity index (χ0n) is 19.6. The van der Waals surface area contributed by atoms with Crippen LogP contribution < -0.4 is 10.2 Å². The molecule has 0 bridgehead atoms. The molecule has 0 fully saturated rings. The molecule has 1 radical (unpaired) electrons. The Kier molecular flexibility index (Phi) is 18.9. The second-order valence-corrected chi connectivity index (χ2v) is 10.2. The van der Waals surface area contributed by atoms with E-state index in [1.54, 1.807) is 83.1 Å². The van der Waals surface area contributed by atoms with Crippen molar-refractivity contribution in [3.63, 3.8) is 0 Å². The van der Waals surface area contributed by atoms with Gasteiger partial charge in [-0.05, 0) is 41.5 Å². The molecule has 8 nitrogen and oxygen atoms in total. The van der Waals surface area contributed by atoms with Crippen LogP contribution in [0.5, 0.6) is 0 Å². The van der Waals surface area contributed by atoms with Gasteiger partial charge in [0.05, 0.1) is 10.8 Å². The van der Waals surface area contributed by atoms with E-state index in [4.69, 9.17) is 10.2 Å². The van der Waals surface area contributed by atoms with E-state index in [0.717, 1.165) is 0 Å². The average molecular weight is 470 g/mol. The predicted octanol–water partition coefficient (Wildman–Crippen LogP) is 1.80. The van der Waals surface area contributed by atoms with Crippen LogP contribution in [-0.4, -0.2) is 34.1 Å². The van der Waals surface area contributed by atoms with E-state index >= 15 is 0 Å². The second kappa shape index (κ2) is 14.4. The fourth-order valence-electron chi connectivity index (χ4n) is 0. The third-order valence-electron chi connectivity index (χ3n) is 2.51. The molecule has 0 aromatic carbocycles. The van der Waals surface area contributed by atoms with Crippen LogP contribution in [0.1, 0.15) is 83.1 Å². The molecule has 0 aromatic heterocycles. The molecular weight excluding hydrogens is 432 g/mol. The van der Waals surface area contributed by atoms with Crippen LogP contribution in [0.2, 0.25) is 0 Å². The van der Waals surface area contributed by atoms with E-state index in [1.165, 1.54) is 0 Å². The van der Waals surface area contributed by atoms with Gasteiger partial charge in [-0.2, -0.15) is 0 Å². The zero-order chi connectivity index (χ0) is 24.3. The first-order chi connectivity index (χ1) is 11.8. The summed E-state index contributed by atoms with van der Waals surface area (Å²) in [5.41, 5.74) is -2.56. The Labute approximate surface area is 185 Å². The third kappa shape index (κ3) is 31.3. The molecule has 9 heteroatoms. The second-order valence-electron chi connectivity index (χ2n) is 10.2. The molecule has 0 aliphatic rings. The third-order valence-corrected chi connectivity index (χ3v) is 2.51. The van der Waals surface area contributed by atoms with Gasteiger partial charge in [0.25, 0.3) is 0 Å². The van der Waals surface area contributed by atoms with Crippen molar-refractivity contribution < 1.29 is 56.7 Å². The Morgan fingerprint density at radius 2 is 0.552 bits per heavy atom. The molecule has 0 spiro atoms. The number of carbonyl (C=O) groups is 4. The van der Waals surface area contributed by atoms with Crippen molar-refractivity contribution in [2.45, 2.75) is 83.1 Å². The predicted molar refractivity (Wildman–Crippen MR) is 103 cm³/mol. The molecule has 29 heavy (non-hydrogen) atoms. The SMILES string of the molecule is CC(C)(C)C(=O)O.CC(C)(C)C(=O)O.CC(C)(C)C(=O)[O-].CC(C)(C)C(=O)[O-].[Cu+2]. The number of hydrogen-bond donors (Lipinski definition) is 2. The van der Waals surface area contributed by atoms with Crippen molar-refractivity contribution in [2.75, 3.05) is 0 Å². The van der Waals surface area contributed by atoms with Gasteiger partial charge in [-0.3, -0.25) is 9.59 Å². The van der Waals surface area contributed by atoms with E-state index in [9.17, 15) is 29.4 Å². The number of rotatable bonds is 0. The Bertz CT molecular complexity index is 417. The fourth-order valence-corrected chi connectivity index (χ4v) is 0. The molecule has 0 aromatic rings. The average Bonchev–Trinajstić information content (AvgIpc) is 2.35. The van der Waals surface area contributed by atoms with E-state index in [0.29, 0.717) is 0 Å². The summed E-state index contributed by atoms with van der Waals surface area (Å²) in [6.45, 7) is 19.6. The van der Waals surface area contributed by atoms with Gasteiger partial charge < -0.3 is 30.0 Å². The maximum atomic E-state index is 10.0. The van der Waals surface area contributed by atoms with Crippen LogP contribution >= 0.6 is 0 Å². The first-order valence-electron chi connectivity index (χ1n) is 8.67. The fraction of sp³-hybridized carbons (Fsp3) is 0.800. The van der Waals surface area contributed by atoms with Crippen molar-refractivity contribution in [3.8, 4) is 0 Å². The summed E-state index contributed by atoms with van der Waals surface area (Å²) >= 11 is 0. The van der Waals surface area contributed by atoms with Gasteiger partial charge in [0.2, 0.25) is 0 Å². The van der Waals surface area contributed by atoms with Gasteiger partial charge in [0.15, 0.2) is 0 Å². The normalized spacial score (nSPS) is 10.9. The summed E-state index contributed by atoms with van der Waals surface area (Å²) < 4.78 is 0. The Morgan fingerprint density at radius 3 is 0.552 bits per heavy atom. The number of carboxylic acids is 4.